The third kappa shape index (κ3) is 3.20. The summed E-state index contributed by atoms with van der Waals surface area (Å²) in [5.74, 6) is 0.820. The summed E-state index contributed by atoms with van der Waals surface area (Å²) < 4.78 is 5.81. The van der Waals surface area contributed by atoms with Crippen molar-refractivity contribution in [1.82, 2.24) is 0 Å². The molecule has 3 N–H and O–H groups in total. The zero-order valence-electron chi connectivity index (χ0n) is 10.3. The second-order valence-corrected chi connectivity index (χ2v) is 4.87. The normalized spacial score (nSPS) is 26.5. The van der Waals surface area contributed by atoms with Crippen molar-refractivity contribution >= 4 is 0 Å². The molecule has 0 bridgehead atoms. The minimum absolute atomic E-state index is 0.0457. The molecule has 1 aliphatic carbocycles. The quantitative estimate of drug-likeness (QED) is 0.845. The van der Waals surface area contributed by atoms with E-state index < -0.39 is 0 Å². The molecule has 0 spiro atoms. The lowest BCUT2D eigenvalue weighted by Crippen LogP contribution is -2.34. The van der Waals surface area contributed by atoms with Crippen LogP contribution in [0.1, 0.15) is 44.2 Å². The maximum atomic E-state index is 9.83. The Hall–Kier alpha value is -1.06. The highest BCUT2D eigenvalue weighted by Gasteiger charge is 2.24. The predicted molar refractivity (Wildman–Crippen MR) is 67.9 cm³/mol. The zero-order chi connectivity index (χ0) is 12.3. The number of hydrogen-bond acceptors (Lipinski definition) is 3. The molecule has 0 aromatic heterocycles. The first-order valence-electron chi connectivity index (χ1n) is 6.37. The first-order valence-corrected chi connectivity index (χ1v) is 6.37. The molecule has 1 aromatic carbocycles. The number of benzene rings is 1. The molecule has 3 atom stereocenters. The van der Waals surface area contributed by atoms with Gasteiger partial charge in [-0.1, -0.05) is 18.6 Å². The Morgan fingerprint density at radius 2 is 1.88 bits per heavy atom. The lowest BCUT2D eigenvalue weighted by atomic mass is 9.95. The molecule has 3 heteroatoms. The maximum absolute atomic E-state index is 9.83. The average molecular weight is 235 g/mol. The molecule has 0 aliphatic heterocycles. The minimum Gasteiger partial charge on any atom is -0.488 e. The molecule has 3 nitrogen and oxygen atoms in total. The number of aliphatic hydroxyl groups is 1. The molecule has 3 unspecified atom stereocenters. The van der Waals surface area contributed by atoms with E-state index in [4.69, 9.17) is 10.5 Å². The average Bonchev–Trinajstić information content (AvgIpc) is 2.33. The molecule has 94 valence electrons. The molecule has 0 heterocycles. The summed E-state index contributed by atoms with van der Waals surface area (Å²) in [5.41, 5.74) is 6.89. The number of rotatable bonds is 3. The molecule has 0 radical (unpaired) electrons. The second kappa shape index (κ2) is 5.52. The second-order valence-electron chi connectivity index (χ2n) is 4.87. The Kier molecular flexibility index (Phi) is 4.02. The molecule has 2 rings (SSSR count). The van der Waals surface area contributed by atoms with Crippen LogP contribution in [-0.4, -0.2) is 17.3 Å². The Bertz CT molecular complexity index is 348. The van der Waals surface area contributed by atoms with Gasteiger partial charge >= 0.3 is 0 Å². The highest BCUT2D eigenvalue weighted by molar-refractivity contribution is 5.29. The van der Waals surface area contributed by atoms with Crippen LogP contribution in [0.4, 0.5) is 0 Å². The van der Waals surface area contributed by atoms with Crippen molar-refractivity contribution in [2.45, 2.75) is 50.9 Å². The van der Waals surface area contributed by atoms with Crippen LogP contribution in [0.2, 0.25) is 0 Å². The lowest BCUT2D eigenvalue weighted by molar-refractivity contribution is 0.00686. The first-order chi connectivity index (χ1) is 8.16. The Labute approximate surface area is 103 Å². The van der Waals surface area contributed by atoms with Crippen LogP contribution in [0.15, 0.2) is 24.3 Å². The fraction of sp³-hybridized carbons (Fsp3) is 0.571. The molecule has 0 amide bonds. The highest BCUT2D eigenvalue weighted by Crippen LogP contribution is 2.24. The van der Waals surface area contributed by atoms with E-state index in [9.17, 15) is 5.11 Å². The van der Waals surface area contributed by atoms with Gasteiger partial charge in [0.25, 0.3) is 0 Å². The van der Waals surface area contributed by atoms with E-state index in [1.807, 2.05) is 31.2 Å². The van der Waals surface area contributed by atoms with Crippen LogP contribution in [-0.2, 0) is 0 Å². The molecule has 0 saturated heterocycles. The van der Waals surface area contributed by atoms with E-state index in [1.54, 1.807) is 0 Å². The Balaban J connectivity index is 1.98. The van der Waals surface area contributed by atoms with Gasteiger partial charge in [0, 0.05) is 6.04 Å². The molecular formula is C14H21NO2. The monoisotopic (exact) mass is 235 g/mol. The van der Waals surface area contributed by atoms with Crippen molar-refractivity contribution in [1.29, 1.82) is 0 Å². The van der Waals surface area contributed by atoms with Gasteiger partial charge in [0.05, 0.1) is 6.10 Å². The van der Waals surface area contributed by atoms with E-state index in [0.29, 0.717) is 0 Å². The van der Waals surface area contributed by atoms with Gasteiger partial charge in [-0.2, -0.15) is 0 Å². The highest BCUT2D eigenvalue weighted by atomic mass is 16.5. The van der Waals surface area contributed by atoms with Gasteiger partial charge < -0.3 is 15.6 Å². The summed E-state index contributed by atoms with van der Waals surface area (Å²) in [6.07, 6.45) is 3.66. The van der Waals surface area contributed by atoms with Crippen molar-refractivity contribution < 1.29 is 9.84 Å². The summed E-state index contributed by atoms with van der Waals surface area (Å²) in [7, 11) is 0. The fourth-order valence-electron chi connectivity index (χ4n) is 2.24. The van der Waals surface area contributed by atoms with Gasteiger partial charge in [0.15, 0.2) is 0 Å². The van der Waals surface area contributed by atoms with E-state index in [1.165, 1.54) is 0 Å². The van der Waals surface area contributed by atoms with E-state index in [0.717, 1.165) is 37.0 Å². The van der Waals surface area contributed by atoms with Gasteiger partial charge in [-0.25, -0.2) is 0 Å². The van der Waals surface area contributed by atoms with Crippen LogP contribution in [0.3, 0.4) is 0 Å². The summed E-state index contributed by atoms with van der Waals surface area (Å²) in [6.45, 7) is 1.96. The Morgan fingerprint density at radius 1 is 1.24 bits per heavy atom. The molecule has 17 heavy (non-hydrogen) atoms. The number of ether oxygens (including phenoxy) is 1. The molecule has 1 fully saturated rings. The predicted octanol–water partition coefficient (Wildman–Crippen LogP) is 2.39. The minimum atomic E-state index is -0.322. The SMILES string of the molecule is CC(N)c1ccc(OC2CCCCC2O)cc1. The van der Waals surface area contributed by atoms with E-state index >= 15 is 0 Å². The van der Waals surface area contributed by atoms with Gasteiger partial charge in [0.2, 0.25) is 0 Å². The molecule has 1 aliphatic rings. The van der Waals surface area contributed by atoms with Crippen molar-refractivity contribution in [3.05, 3.63) is 29.8 Å². The first kappa shape index (κ1) is 12.4. The summed E-state index contributed by atoms with van der Waals surface area (Å²) in [5, 5.41) is 9.83. The van der Waals surface area contributed by atoms with Crippen LogP contribution >= 0.6 is 0 Å². The Morgan fingerprint density at radius 3 is 2.47 bits per heavy atom. The van der Waals surface area contributed by atoms with E-state index in [-0.39, 0.29) is 18.2 Å². The standard InChI is InChI=1S/C14H21NO2/c1-10(15)11-6-8-12(9-7-11)17-14-5-3-2-4-13(14)16/h6-10,13-14,16H,2-5,15H2,1H3. The zero-order valence-corrected chi connectivity index (χ0v) is 10.3. The number of nitrogens with two attached hydrogens (primary N) is 1. The van der Waals surface area contributed by atoms with Gasteiger partial charge in [-0.3, -0.25) is 0 Å². The van der Waals surface area contributed by atoms with Crippen LogP contribution < -0.4 is 10.5 Å². The van der Waals surface area contributed by atoms with Crippen molar-refractivity contribution in [3.8, 4) is 5.75 Å². The van der Waals surface area contributed by atoms with Crippen molar-refractivity contribution in [3.63, 3.8) is 0 Å². The summed E-state index contributed by atoms with van der Waals surface area (Å²) >= 11 is 0. The van der Waals surface area contributed by atoms with E-state index in [2.05, 4.69) is 0 Å². The molecule has 1 aromatic rings. The largest absolute Gasteiger partial charge is 0.488 e. The van der Waals surface area contributed by atoms with Crippen LogP contribution in [0.5, 0.6) is 5.75 Å². The summed E-state index contributed by atoms with van der Waals surface area (Å²) in [4.78, 5) is 0. The third-order valence-corrected chi connectivity index (χ3v) is 3.36. The van der Waals surface area contributed by atoms with Gasteiger partial charge in [-0.05, 0) is 43.9 Å². The van der Waals surface area contributed by atoms with Crippen molar-refractivity contribution in [2.24, 2.45) is 5.73 Å². The van der Waals surface area contributed by atoms with Crippen molar-refractivity contribution in [2.75, 3.05) is 0 Å². The number of hydrogen-bond donors (Lipinski definition) is 2. The maximum Gasteiger partial charge on any atom is 0.124 e. The van der Waals surface area contributed by atoms with Gasteiger partial charge in [-0.15, -0.1) is 0 Å². The lowest BCUT2D eigenvalue weighted by Gasteiger charge is -2.28. The van der Waals surface area contributed by atoms with Crippen LogP contribution in [0.25, 0.3) is 0 Å². The van der Waals surface area contributed by atoms with Crippen LogP contribution in [0, 0.1) is 0 Å². The topological polar surface area (TPSA) is 55.5 Å². The number of aliphatic hydroxyl groups excluding tert-OH is 1. The molecular weight excluding hydrogens is 214 g/mol. The molecule has 1 saturated carbocycles. The van der Waals surface area contributed by atoms with Gasteiger partial charge in [0.1, 0.15) is 11.9 Å². The fourth-order valence-corrected chi connectivity index (χ4v) is 2.24. The smallest absolute Gasteiger partial charge is 0.124 e. The third-order valence-electron chi connectivity index (χ3n) is 3.36. The summed E-state index contributed by atoms with van der Waals surface area (Å²) in [6, 6.07) is 7.87.